The topological polar surface area (TPSA) is 20.3 Å². The zero-order chi connectivity index (χ0) is 11.5. The SMILES string of the molecule is O=C1CCCN(Cc2ccc(Cl)cc2F)C1. The van der Waals surface area contributed by atoms with Crippen molar-refractivity contribution in [2.24, 2.45) is 0 Å². The molecule has 4 heteroatoms. The Balaban J connectivity index is 2.05. The monoisotopic (exact) mass is 241 g/mol. The molecule has 0 amide bonds. The molecular weight excluding hydrogens is 229 g/mol. The molecule has 86 valence electrons. The van der Waals surface area contributed by atoms with Gasteiger partial charge in [-0.3, -0.25) is 9.69 Å². The van der Waals surface area contributed by atoms with E-state index in [4.69, 9.17) is 11.6 Å². The fraction of sp³-hybridized carbons (Fsp3) is 0.417. The van der Waals surface area contributed by atoms with Crippen LogP contribution in [0.1, 0.15) is 18.4 Å². The molecule has 2 nitrogen and oxygen atoms in total. The van der Waals surface area contributed by atoms with Gasteiger partial charge in [-0.05, 0) is 25.1 Å². The van der Waals surface area contributed by atoms with E-state index in [0.717, 1.165) is 13.0 Å². The Hall–Kier alpha value is -0.930. The molecule has 1 aromatic rings. The quantitative estimate of drug-likeness (QED) is 0.794. The minimum atomic E-state index is -0.300. The number of carbonyl (C=O) groups is 1. The zero-order valence-corrected chi connectivity index (χ0v) is 9.63. The highest BCUT2D eigenvalue weighted by molar-refractivity contribution is 6.30. The highest BCUT2D eigenvalue weighted by Crippen LogP contribution is 2.17. The number of hydrogen-bond acceptors (Lipinski definition) is 2. The molecule has 0 atom stereocenters. The van der Waals surface area contributed by atoms with E-state index in [0.29, 0.717) is 30.1 Å². The van der Waals surface area contributed by atoms with Crippen LogP contribution in [-0.4, -0.2) is 23.8 Å². The maximum absolute atomic E-state index is 13.5. The Morgan fingerprint density at radius 3 is 2.94 bits per heavy atom. The molecule has 0 radical (unpaired) electrons. The number of benzene rings is 1. The van der Waals surface area contributed by atoms with Gasteiger partial charge in [0.15, 0.2) is 0 Å². The smallest absolute Gasteiger partial charge is 0.146 e. The summed E-state index contributed by atoms with van der Waals surface area (Å²) in [5.41, 5.74) is 0.596. The summed E-state index contributed by atoms with van der Waals surface area (Å²) in [7, 11) is 0. The summed E-state index contributed by atoms with van der Waals surface area (Å²) in [5, 5.41) is 0.399. The molecule has 1 heterocycles. The zero-order valence-electron chi connectivity index (χ0n) is 8.88. The van der Waals surface area contributed by atoms with Crippen LogP contribution in [0.2, 0.25) is 5.02 Å². The van der Waals surface area contributed by atoms with E-state index >= 15 is 0 Å². The van der Waals surface area contributed by atoms with Crippen molar-refractivity contribution in [2.75, 3.05) is 13.1 Å². The average molecular weight is 242 g/mol. The summed E-state index contributed by atoms with van der Waals surface area (Å²) in [6, 6.07) is 4.66. The third-order valence-electron chi connectivity index (χ3n) is 2.74. The lowest BCUT2D eigenvalue weighted by Crippen LogP contribution is -2.35. The van der Waals surface area contributed by atoms with Crippen LogP contribution in [0, 0.1) is 5.82 Å². The van der Waals surface area contributed by atoms with Crippen LogP contribution in [0.25, 0.3) is 0 Å². The fourth-order valence-corrected chi connectivity index (χ4v) is 2.09. The van der Waals surface area contributed by atoms with Crippen molar-refractivity contribution < 1.29 is 9.18 Å². The first-order chi connectivity index (χ1) is 7.65. The summed E-state index contributed by atoms with van der Waals surface area (Å²) in [5.74, 6) is -0.0638. The number of Topliss-reactive ketones (excluding diaryl/α,β-unsaturated/α-hetero) is 1. The van der Waals surface area contributed by atoms with E-state index in [9.17, 15) is 9.18 Å². The van der Waals surface area contributed by atoms with Gasteiger partial charge < -0.3 is 0 Å². The van der Waals surface area contributed by atoms with Crippen molar-refractivity contribution in [3.8, 4) is 0 Å². The third-order valence-corrected chi connectivity index (χ3v) is 2.97. The normalized spacial score (nSPS) is 17.8. The summed E-state index contributed by atoms with van der Waals surface area (Å²) in [6.07, 6.45) is 1.52. The van der Waals surface area contributed by atoms with Crippen molar-refractivity contribution in [1.29, 1.82) is 0 Å². The lowest BCUT2D eigenvalue weighted by atomic mass is 10.1. The predicted molar refractivity (Wildman–Crippen MR) is 60.9 cm³/mol. The second-order valence-electron chi connectivity index (χ2n) is 4.09. The first kappa shape index (κ1) is 11.6. The number of likely N-dealkylation sites (tertiary alicyclic amines) is 1. The van der Waals surface area contributed by atoms with Gasteiger partial charge in [-0.1, -0.05) is 17.7 Å². The summed E-state index contributed by atoms with van der Waals surface area (Å²) >= 11 is 5.68. The largest absolute Gasteiger partial charge is 0.298 e. The highest BCUT2D eigenvalue weighted by atomic mass is 35.5. The van der Waals surface area contributed by atoms with Crippen LogP contribution in [0.15, 0.2) is 18.2 Å². The standard InChI is InChI=1S/C12H13ClFNO/c13-10-4-3-9(12(14)6-10)7-15-5-1-2-11(16)8-15/h3-4,6H,1-2,5,7-8H2. The molecule has 0 aliphatic carbocycles. The number of nitrogens with zero attached hydrogens (tertiary/aromatic N) is 1. The highest BCUT2D eigenvalue weighted by Gasteiger charge is 2.17. The van der Waals surface area contributed by atoms with Gasteiger partial charge in [0, 0.05) is 23.6 Å². The van der Waals surface area contributed by atoms with Crippen LogP contribution >= 0.6 is 11.6 Å². The van der Waals surface area contributed by atoms with Gasteiger partial charge in [0.25, 0.3) is 0 Å². The Labute approximate surface area is 99.0 Å². The van der Waals surface area contributed by atoms with Crippen LogP contribution in [0.3, 0.4) is 0 Å². The maximum atomic E-state index is 13.5. The van der Waals surface area contributed by atoms with Crippen molar-refractivity contribution in [3.05, 3.63) is 34.6 Å². The second-order valence-corrected chi connectivity index (χ2v) is 4.53. The van der Waals surface area contributed by atoms with Crippen LogP contribution in [-0.2, 0) is 11.3 Å². The summed E-state index contributed by atoms with van der Waals surface area (Å²) < 4.78 is 13.5. The molecule has 0 unspecified atom stereocenters. The van der Waals surface area contributed by atoms with Crippen molar-refractivity contribution >= 4 is 17.4 Å². The first-order valence-electron chi connectivity index (χ1n) is 5.33. The van der Waals surface area contributed by atoms with Gasteiger partial charge in [0.2, 0.25) is 0 Å². The van der Waals surface area contributed by atoms with E-state index < -0.39 is 0 Å². The van der Waals surface area contributed by atoms with Crippen LogP contribution in [0.5, 0.6) is 0 Å². The number of rotatable bonds is 2. The number of carbonyl (C=O) groups excluding carboxylic acids is 1. The molecule has 1 aromatic carbocycles. The number of piperidine rings is 1. The van der Waals surface area contributed by atoms with Gasteiger partial charge in [-0.25, -0.2) is 4.39 Å². The molecule has 0 saturated carbocycles. The van der Waals surface area contributed by atoms with Gasteiger partial charge in [0.05, 0.1) is 6.54 Å². The van der Waals surface area contributed by atoms with Crippen molar-refractivity contribution in [3.63, 3.8) is 0 Å². The molecular formula is C12H13ClFNO. The Morgan fingerprint density at radius 2 is 2.25 bits per heavy atom. The summed E-state index contributed by atoms with van der Waals surface area (Å²) in [4.78, 5) is 13.2. The van der Waals surface area contributed by atoms with Gasteiger partial charge in [-0.15, -0.1) is 0 Å². The number of ketones is 1. The molecule has 1 saturated heterocycles. The van der Waals surface area contributed by atoms with Gasteiger partial charge in [0.1, 0.15) is 11.6 Å². The van der Waals surface area contributed by atoms with Gasteiger partial charge >= 0.3 is 0 Å². The van der Waals surface area contributed by atoms with E-state index in [2.05, 4.69) is 0 Å². The second kappa shape index (κ2) is 4.93. The van der Waals surface area contributed by atoms with Crippen LogP contribution in [0.4, 0.5) is 4.39 Å². The number of hydrogen-bond donors (Lipinski definition) is 0. The van der Waals surface area contributed by atoms with E-state index in [1.807, 2.05) is 4.90 Å². The minimum absolute atomic E-state index is 0.237. The third kappa shape index (κ3) is 2.80. The Kier molecular flexibility index (Phi) is 3.56. The predicted octanol–water partition coefficient (Wildman–Crippen LogP) is 2.64. The lowest BCUT2D eigenvalue weighted by Gasteiger charge is -2.25. The molecule has 16 heavy (non-hydrogen) atoms. The average Bonchev–Trinajstić information content (AvgIpc) is 2.22. The van der Waals surface area contributed by atoms with E-state index in [1.165, 1.54) is 6.07 Å². The minimum Gasteiger partial charge on any atom is -0.298 e. The first-order valence-corrected chi connectivity index (χ1v) is 5.71. The molecule has 1 aliphatic heterocycles. The Bertz CT molecular complexity index is 408. The Morgan fingerprint density at radius 1 is 1.44 bits per heavy atom. The summed E-state index contributed by atoms with van der Waals surface area (Å²) in [6.45, 7) is 1.77. The molecule has 1 aliphatic rings. The maximum Gasteiger partial charge on any atom is 0.146 e. The molecule has 0 N–H and O–H groups in total. The molecule has 0 bridgehead atoms. The van der Waals surface area contributed by atoms with Gasteiger partial charge in [-0.2, -0.15) is 0 Å². The van der Waals surface area contributed by atoms with Crippen molar-refractivity contribution in [1.82, 2.24) is 4.90 Å². The lowest BCUT2D eigenvalue weighted by molar-refractivity contribution is -0.122. The van der Waals surface area contributed by atoms with E-state index in [-0.39, 0.29) is 11.6 Å². The van der Waals surface area contributed by atoms with Crippen LogP contribution < -0.4 is 0 Å². The molecule has 0 spiro atoms. The molecule has 0 aromatic heterocycles. The van der Waals surface area contributed by atoms with Crippen molar-refractivity contribution in [2.45, 2.75) is 19.4 Å². The molecule has 2 rings (SSSR count). The van der Waals surface area contributed by atoms with E-state index in [1.54, 1.807) is 12.1 Å². The molecule has 1 fully saturated rings. The number of halogens is 2. The fourth-order valence-electron chi connectivity index (χ4n) is 1.93.